The molecule has 2 aliphatic heterocycles. The molecule has 0 radical (unpaired) electrons. The van der Waals surface area contributed by atoms with Crippen molar-refractivity contribution in [1.82, 2.24) is 0 Å². The first-order valence-electron chi connectivity index (χ1n) is 5.69. The van der Waals surface area contributed by atoms with E-state index in [0.717, 1.165) is 0 Å². The minimum absolute atomic E-state index is 0.0432. The number of ether oxygens (including phenoxy) is 3. The molecule has 2 fully saturated rings. The van der Waals surface area contributed by atoms with Gasteiger partial charge in [0.2, 0.25) is 9.05 Å². The zero-order valence-corrected chi connectivity index (χ0v) is 11.1. The van der Waals surface area contributed by atoms with Crippen LogP contribution in [0.4, 0.5) is 0 Å². The quantitative estimate of drug-likeness (QED) is 0.698. The van der Waals surface area contributed by atoms with Crippen molar-refractivity contribution < 1.29 is 22.6 Å². The van der Waals surface area contributed by atoms with Crippen LogP contribution in [0.5, 0.6) is 0 Å². The summed E-state index contributed by atoms with van der Waals surface area (Å²) in [5.41, 5.74) is -0.394. The summed E-state index contributed by atoms with van der Waals surface area (Å²) >= 11 is 0. The minimum Gasteiger partial charge on any atom is -0.381 e. The molecule has 0 aliphatic carbocycles. The molecule has 0 aromatic heterocycles. The van der Waals surface area contributed by atoms with E-state index in [1.165, 1.54) is 0 Å². The molecule has 0 saturated carbocycles. The second kappa shape index (κ2) is 5.40. The van der Waals surface area contributed by atoms with Crippen LogP contribution >= 0.6 is 10.7 Å². The lowest BCUT2D eigenvalue weighted by molar-refractivity contribution is -0.152. The van der Waals surface area contributed by atoms with Crippen molar-refractivity contribution in [1.29, 1.82) is 0 Å². The van der Waals surface area contributed by atoms with Crippen LogP contribution in [0, 0.1) is 5.41 Å². The van der Waals surface area contributed by atoms with Gasteiger partial charge in [0.15, 0.2) is 0 Å². The van der Waals surface area contributed by atoms with Gasteiger partial charge in [0.05, 0.1) is 25.6 Å². The number of rotatable bonds is 5. The molecule has 7 heteroatoms. The molecule has 100 valence electrons. The smallest absolute Gasteiger partial charge is 0.233 e. The Morgan fingerprint density at radius 3 is 2.35 bits per heavy atom. The summed E-state index contributed by atoms with van der Waals surface area (Å²) in [6, 6.07) is 0. The van der Waals surface area contributed by atoms with Gasteiger partial charge in [-0.15, -0.1) is 0 Å². The van der Waals surface area contributed by atoms with Crippen molar-refractivity contribution in [2.45, 2.75) is 18.9 Å². The summed E-state index contributed by atoms with van der Waals surface area (Å²) in [6.07, 6.45) is 1.45. The van der Waals surface area contributed by atoms with E-state index in [2.05, 4.69) is 0 Å². The van der Waals surface area contributed by atoms with E-state index in [1.807, 2.05) is 0 Å². The van der Waals surface area contributed by atoms with Crippen molar-refractivity contribution in [2.24, 2.45) is 5.41 Å². The highest BCUT2D eigenvalue weighted by Gasteiger charge is 2.38. The lowest BCUT2D eigenvalue weighted by Crippen LogP contribution is -2.44. The molecule has 0 atom stereocenters. The lowest BCUT2D eigenvalue weighted by Gasteiger charge is -2.38. The Labute approximate surface area is 106 Å². The van der Waals surface area contributed by atoms with Crippen LogP contribution in [-0.4, -0.2) is 53.3 Å². The van der Waals surface area contributed by atoms with Crippen molar-refractivity contribution in [2.75, 3.05) is 38.8 Å². The van der Waals surface area contributed by atoms with E-state index in [9.17, 15) is 8.42 Å². The van der Waals surface area contributed by atoms with E-state index in [1.54, 1.807) is 0 Å². The van der Waals surface area contributed by atoms with Gasteiger partial charge in [0.25, 0.3) is 0 Å². The summed E-state index contributed by atoms with van der Waals surface area (Å²) in [6.45, 7) is 2.74. The molecule has 0 amide bonds. The highest BCUT2D eigenvalue weighted by Crippen LogP contribution is 2.34. The Kier molecular flexibility index (Phi) is 4.31. The van der Waals surface area contributed by atoms with Gasteiger partial charge >= 0.3 is 0 Å². The van der Waals surface area contributed by atoms with Crippen LogP contribution in [0.15, 0.2) is 0 Å². The lowest BCUT2D eigenvalue weighted by atomic mass is 9.83. The van der Waals surface area contributed by atoms with Gasteiger partial charge in [-0.2, -0.15) is 0 Å². The standard InChI is InChI=1S/C10H17ClO5S/c11-17(12,13)8-10(1-3-14-4-2-10)7-16-9-5-15-6-9/h9H,1-8H2. The van der Waals surface area contributed by atoms with Crippen molar-refractivity contribution in [3.8, 4) is 0 Å². The van der Waals surface area contributed by atoms with Gasteiger partial charge in [-0.3, -0.25) is 0 Å². The Balaban J connectivity index is 1.95. The van der Waals surface area contributed by atoms with Crippen LogP contribution in [0.25, 0.3) is 0 Å². The third-order valence-corrected chi connectivity index (χ3v) is 4.55. The molecule has 0 unspecified atom stereocenters. The number of hydrogen-bond acceptors (Lipinski definition) is 5. The Bertz CT molecular complexity index is 346. The fraction of sp³-hybridized carbons (Fsp3) is 1.00. The summed E-state index contributed by atoms with van der Waals surface area (Å²) in [5, 5.41) is 0. The molecule has 0 bridgehead atoms. The van der Waals surface area contributed by atoms with Gasteiger partial charge in [0.1, 0.15) is 6.10 Å². The monoisotopic (exact) mass is 284 g/mol. The molecule has 5 nitrogen and oxygen atoms in total. The van der Waals surface area contributed by atoms with E-state index < -0.39 is 14.5 Å². The summed E-state index contributed by atoms with van der Waals surface area (Å²) in [5.74, 6) is -0.0432. The SMILES string of the molecule is O=S(=O)(Cl)CC1(COC2COC2)CCOCC1. The molecule has 0 aromatic carbocycles. The largest absolute Gasteiger partial charge is 0.381 e. The molecule has 17 heavy (non-hydrogen) atoms. The maximum atomic E-state index is 11.3. The fourth-order valence-corrected chi connectivity index (χ4v) is 3.90. The van der Waals surface area contributed by atoms with Crippen LogP contribution in [0.2, 0.25) is 0 Å². The van der Waals surface area contributed by atoms with E-state index >= 15 is 0 Å². The average molecular weight is 285 g/mol. The summed E-state index contributed by atoms with van der Waals surface area (Å²) in [4.78, 5) is 0. The summed E-state index contributed by atoms with van der Waals surface area (Å²) in [7, 11) is 1.86. The minimum atomic E-state index is -3.51. The molecule has 0 aromatic rings. The molecule has 0 N–H and O–H groups in total. The second-order valence-electron chi connectivity index (χ2n) is 4.77. The van der Waals surface area contributed by atoms with Crippen LogP contribution < -0.4 is 0 Å². The molecule has 2 rings (SSSR count). The zero-order valence-electron chi connectivity index (χ0n) is 9.56. The van der Waals surface area contributed by atoms with Gasteiger partial charge < -0.3 is 14.2 Å². The van der Waals surface area contributed by atoms with Crippen molar-refractivity contribution in [3.05, 3.63) is 0 Å². The predicted molar refractivity (Wildman–Crippen MR) is 62.7 cm³/mol. The third kappa shape index (κ3) is 4.06. The van der Waals surface area contributed by atoms with E-state index in [0.29, 0.717) is 45.9 Å². The van der Waals surface area contributed by atoms with Crippen LogP contribution in [0.3, 0.4) is 0 Å². The first-order chi connectivity index (χ1) is 7.99. The van der Waals surface area contributed by atoms with Crippen LogP contribution in [-0.2, 0) is 23.3 Å². The fourth-order valence-electron chi connectivity index (χ4n) is 2.11. The first kappa shape index (κ1) is 13.5. The van der Waals surface area contributed by atoms with E-state index in [4.69, 9.17) is 24.9 Å². The van der Waals surface area contributed by atoms with Crippen LogP contribution in [0.1, 0.15) is 12.8 Å². The van der Waals surface area contributed by atoms with Crippen molar-refractivity contribution >= 4 is 19.7 Å². The third-order valence-electron chi connectivity index (χ3n) is 3.26. The Hall–Kier alpha value is 0.120. The van der Waals surface area contributed by atoms with Gasteiger partial charge in [-0.1, -0.05) is 0 Å². The van der Waals surface area contributed by atoms with Gasteiger partial charge in [-0.05, 0) is 12.8 Å². The second-order valence-corrected chi connectivity index (χ2v) is 7.54. The van der Waals surface area contributed by atoms with E-state index in [-0.39, 0.29) is 11.9 Å². The highest BCUT2D eigenvalue weighted by atomic mass is 35.7. The predicted octanol–water partition coefficient (Wildman–Crippen LogP) is 0.767. The van der Waals surface area contributed by atoms with Crippen molar-refractivity contribution in [3.63, 3.8) is 0 Å². The molecule has 2 heterocycles. The molecule has 0 spiro atoms. The molecular formula is C10H17ClO5S. The maximum Gasteiger partial charge on any atom is 0.233 e. The first-order valence-corrected chi connectivity index (χ1v) is 8.16. The Morgan fingerprint density at radius 2 is 1.88 bits per heavy atom. The maximum absolute atomic E-state index is 11.3. The average Bonchev–Trinajstić information content (AvgIpc) is 2.13. The summed E-state index contributed by atoms with van der Waals surface area (Å²) < 4.78 is 38.5. The molecule has 2 aliphatic rings. The number of halogens is 1. The Morgan fingerprint density at radius 1 is 1.24 bits per heavy atom. The van der Waals surface area contributed by atoms with Gasteiger partial charge in [0, 0.05) is 29.3 Å². The normalized spacial score (nSPS) is 25.5. The molecular weight excluding hydrogens is 268 g/mol. The topological polar surface area (TPSA) is 61.8 Å². The number of hydrogen-bond donors (Lipinski definition) is 0. The van der Waals surface area contributed by atoms with Gasteiger partial charge in [-0.25, -0.2) is 8.42 Å². The zero-order chi connectivity index (χ0) is 12.4. The highest BCUT2D eigenvalue weighted by molar-refractivity contribution is 8.13. The molecule has 2 saturated heterocycles.